The predicted molar refractivity (Wildman–Crippen MR) is 93.0 cm³/mol. The number of nitrogens with zero attached hydrogens (tertiary/aromatic N) is 1. The summed E-state index contributed by atoms with van der Waals surface area (Å²) in [4.78, 5) is 14.3. The summed E-state index contributed by atoms with van der Waals surface area (Å²) in [5.41, 5.74) is -0.0180. The zero-order chi connectivity index (χ0) is 17.7. The number of halogens is 2. The zero-order valence-corrected chi connectivity index (χ0v) is 14.1. The van der Waals surface area contributed by atoms with Crippen LogP contribution in [0.15, 0.2) is 54.6 Å². The quantitative estimate of drug-likeness (QED) is 0.901. The normalized spacial score (nSPS) is 17.2. The maximum atomic E-state index is 14.9. The summed E-state index contributed by atoms with van der Waals surface area (Å²) in [6.45, 7) is 1.86. The van der Waals surface area contributed by atoms with E-state index < -0.39 is 11.6 Å². The number of amides is 1. The fraction of sp³-hybridized carbons (Fsp3) is 0.350. The van der Waals surface area contributed by atoms with E-state index in [0.717, 1.165) is 11.1 Å². The van der Waals surface area contributed by atoms with Gasteiger partial charge in [0.1, 0.15) is 5.82 Å². The van der Waals surface area contributed by atoms with Gasteiger partial charge < -0.3 is 5.32 Å². The Hall–Kier alpha value is -2.27. The SMILES string of the molecule is O=C(NCc1ccccc1)C1(F)CCN(Cc2cccc(F)c2)CC1. The molecule has 1 aliphatic rings. The second-order valence-electron chi connectivity index (χ2n) is 6.54. The second kappa shape index (κ2) is 7.74. The molecule has 0 spiro atoms. The number of benzene rings is 2. The lowest BCUT2D eigenvalue weighted by Gasteiger charge is -2.35. The van der Waals surface area contributed by atoms with Crippen LogP contribution in [-0.4, -0.2) is 29.6 Å². The van der Waals surface area contributed by atoms with Crippen LogP contribution in [0.5, 0.6) is 0 Å². The Morgan fingerprint density at radius 3 is 2.40 bits per heavy atom. The number of nitrogens with one attached hydrogen (secondary N) is 1. The number of likely N-dealkylation sites (tertiary alicyclic amines) is 1. The molecule has 2 aromatic rings. The lowest BCUT2D eigenvalue weighted by molar-refractivity contribution is -0.136. The van der Waals surface area contributed by atoms with Crippen LogP contribution in [0.1, 0.15) is 24.0 Å². The number of rotatable bonds is 5. The fourth-order valence-electron chi connectivity index (χ4n) is 3.12. The molecule has 1 fully saturated rings. The number of alkyl halides is 1. The highest BCUT2D eigenvalue weighted by Gasteiger charge is 2.41. The van der Waals surface area contributed by atoms with E-state index in [9.17, 15) is 13.6 Å². The highest BCUT2D eigenvalue weighted by atomic mass is 19.1. The molecule has 0 bridgehead atoms. The standard InChI is InChI=1S/C20H22F2N2O/c21-18-8-4-7-17(13-18)15-24-11-9-20(22,10-12-24)19(25)23-14-16-5-2-1-3-6-16/h1-8,13H,9-12,14-15H2,(H,23,25). The van der Waals surface area contributed by atoms with Gasteiger partial charge in [-0.3, -0.25) is 9.69 Å². The number of piperidine rings is 1. The Kier molecular flexibility index (Phi) is 5.43. The first-order chi connectivity index (χ1) is 12.0. The maximum Gasteiger partial charge on any atom is 0.258 e. The highest BCUT2D eigenvalue weighted by molar-refractivity contribution is 5.85. The minimum atomic E-state index is -1.83. The van der Waals surface area contributed by atoms with E-state index in [2.05, 4.69) is 10.2 Å². The van der Waals surface area contributed by atoms with Gasteiger partial charge in [-0.25, -0.2) is 8.78 Å². The van der Waals surface area contributed by atoms with E-state index in [-0.39, 0.29) is 18.7 Å². The molecule has 3 rings (SSSR count). The van der Waals surface area contributed by atoms with Crippen LogP contribution in [-0.2, 0) is 17.9 Å². The number of carbonyl (C=O) groups is 1. The summed E-state index contributed by atoms with van der Waals surface area (Å²) in [5, 5.41) is 2.70. The molecule has 0 atom stereocenters. The maximum absolute atomic E-state index is 14.9. The molecule has 0 aliphatic carbocycles. The Bertz CT molecular complexity index is 713. The first kappa shape index (κ1) is 17.5. The van der Waals surface area contributed by atoms with E-state index >= 15 is 0 Å². The molecule has 1 N–H and O–H groups in total. The lowest BCUT2D eigenvalue weighted by atomic mass is 9.92. The van der Waals surface area contributed by atoms with Crippen LogP contribution in [0.3, 0.4) is 0 Å². The minimum Gasteiger partial charge on any atom is -0.349 e. The van der Waals surface area contributed by atoms with Gasteiger partial charge in [0, 0.05) is 39.0 Å². The Labute approximate surface area is 146 Å². The first-order valence-electron chi connectivity index (χ1n) is 8.53. The van der Waals surface area contributed by atoms with Crippen LogP contribution in [0.2, 0.25) is 0 Å². The Morgan fingerprint density at radius 1 is 1.04 bits per heavy atom. The Morgan fingerprint density at radius 2 is 1.72 bits per heavy atom. The van der Waals surface area contributed by atoms with Crippen molar-refractivity contribution >= 4 is 5.91 Å². The highest BCUT2D eigenvalue weighted by Crippen LogP contribution is 2.28. The van der Waals surface area contributed by atoms with Gasteiger partial charge >= 0.3 is 0 Å². The van der Waals surface area contributed by atoms with E-state index in [0.29, 0.717) is 26.2 Å². The van der Waals surface area contributed by atoms with Crippen molar-refractivity contribution < 1.29 is 13.6 Å². The van der Waals surface area contributed by atoms with Crippen molar-refractivity contribution in [3.8, 4) is 0 Å². The third kappa shape index (κ3) is 4.63. The van der Waals surface area contributed by atoms with E-state index in [1.807, 2.05) is 36.4 Å². The van der Waals surface area contributed by atoms with Gasteiger partial charge in [-0.1, -0.05) is 42.5 Å². The van der Waals surface area contributed by atoms with E-state index in [1.165, 1.54) is 12.1 Å². The summed E-state index contributed by atoms with van der Waals surface area (Å²) in [7, 11) is 0. The molecule has 5 heteroatoms. The van der Waals surface area contributed by atoms with Crippen LogP contribution >= 0.6 is 0 Å². The smallest absolute Gasteiger partial charge is 0.258 e. The number of carbonyl (C=O) groups excluding carboxylic acids is 1. The molecule has 2 aromatic carbocycles. The van der Waals surface area contributed by atoms with Crippen molar-refractivity contribution in [3.05, 3.63) is 71.5 Å². The first-order valence-corrected chi connectivity index (χ1v) is 8.53. The molecule has 1 amide bonds. The van der Waals surface area contributed by atoms with Crippen molar-refractivity contribution in [1.29, 1.82) is 0 Å². The largest absolute Gasteiger partial charge is 0.349 e. The summed E-state index contributed by atoms with van der Waals surface area (Å²) in [5.74, 6) is -0.809. The van der Waals surface area contributed by atoms with Gasteiger partial charge in [0.15, 0.2) is 5.67 Å². The molecule has 1 aliphatic heterocycles. The molecular weight excluding hydrogens is 322 g/mol. The number of hydrogen-bond donors (Lipinski definition) is 1. The van der Waals surface area contributed by atoms with Crippen molar-refractivity contribution in [3.63, 3.8) is 0 Å². The topological polar surface area (TPSA) is 32.3 Å². The molecule has 0 radical (unpaired) electrons. The third-order valence-electron chi connectivity index (χ3n) is 4.65. The summed E-state index contributed by atoms with van der Waals surface area (Å²) in [6, 6.07) is 15.9. The Balaban J connectivity index is 1.50. The van der Waals surface area contributed by atoms with Crippen LogP contribution in [0.4, 0.5) is 8.78 Å². The fourth-order valence-corrected chi connectivity index (χ4v) is 3.12. The molecule has 132 valence electrons. The van der Waals surface area contributed by atoms with Gasteiger partial charge in [0.25, 0.3) is 5.91 Å². The van der Waals surface area contributed by atoms with Crippen molar-refractivity contribution in [2.24, 2.45) is 0 Å². The average Bonchev–Trinajstić information content (AvgIpc) is 2.63. The second-order valence-corrected chi connectivity index (χ2v) is 6.54. The van der Waals surface area contributed by atoms with E-state index in [1.54, 1.807) is 6.07 Å². The van der Waals surface area contributed by atoms with Crippen LogP contribution < -0.4 is 5.32 Å². The van der Waals surface area contributed by atoms with E-state index in [4.69, 9.17) is 0 Å². The minimum absolute atomic E-state index is 0.156. The summed E-state index contributed by atoms with van der Waals surface area (Å²) < 4.78 is 28.2. The van der Waals surface area contributed by atoms with Gasteiger partial charge in [-0.05, 0) is 23.3 Å². The van der Waals surface area contributed by atoms with Crippen molar-refractivity contribution in [2.75, 3.05) is 13.1 Å². The average molecular weight is 344 g/mol. The molecule has 1 saturated heterocycles. The summed E-state index contributed by atoms with van der Waals surface area (Å²) in [6.07, 6.45) is 0.311. The molecule has 3 nitrogen and oxygen atoms in total. The van der Waals surface area contributed by atoms with Crippen LogP contribution in [0, 0.1) is 5.82 Å². The van der Waals surface area contributed by atoms with Crippen LogP contribution in [0.25, 0.3) is 0 Å². The third-order valence-corrected chi connectivity index (χ3v) is 4.65. The molecular formula is C20H22F2N2O. The molecule has 25 heavy (non-hydrogen) atoms. The molecule has 0 unspecified atom stereocenters. The van der Waals surface area contributed by atoms with Gasteiger partial charge in [-0.15, -0.1) is 0 Å². The van der Waals surface area contributed by atoms with Gasteiger partial charge in [0.05, 0.1) is 0 Å². The lowest BCUT2D eigenvalue weighted by Crippen LogP contribution is -2.50. The van der Waals surface area contributed by atoms with Crippen molar-refractivity contribution in [2.45, 2.75) is 31.6 Å². The molecule has 1 heterocycles. The predicted octanol–water partition coefficient (Wildman–Crippen LogP) is 3.45. The zero-order valence-electron chi connectivity index (χ0n) is 14.1. The molecule has 0 aromatic heterocycles. The molecule has 0 saturated carbocycles. The van der Waals surface area contributed by atoms with Crippen molar-refractivity contribution in [1.82, 2.24) is 10.2 Å². The van der Waals surface area contributed by atoms with Gasteiger partial charge in [0.2, 0.25) is 0 Å². The number of hydrogen-bond acceptors (Lipinski definition) is 2. The van der Waals surface area contributed by atoms with Gasteiger partial charge in [-0.2, -0.15) is 0 Å². The monoisotopic (exact) mass is 344 g/mol. The summed E-state index contributed by atoms with van der Waals surface area (Å²) >= 11 is 0.